The van der Waals surface area contributed by atoms with Gasteiger partial charge in [0.15, 0.2) is 0 Å². The maximum atomic E-state index is 14.7. The SMILES string of the molecule is CC(C)(C#N)c1ccc(-n2c(=O)[nH]c3cnc4ccc(Br)cc4c32)cc1F. The number of fused-ring (bicyclic) bond motifs is 3. The first kappa shape index (κ1) is 17.4. The number of nitrogens with one attached hydrogen (secondary N) is 1. The highest BCUT2D eigenvalue weighted by Crippen LogP contribution is 2.29. The van der Waals surface area contributed by atoms with Gasteiger partial charge in [0.2, 0.25) is 0 Å². The molecule has 1 N–H and O–H groups in total. The van der Waals surface area contributed by atoms with Crippen LogP contribution in [0.4, 0.5) is 4.39 Å². The molecule has 2 heterocycles. The fraction of sp³-hybridized carbons (Fsp3) is 0.150. The van der Waals surface area contributed by atoms with E-state index in [0.29, 0.717) is 16.7 Å². The minimum atomic E-state index is -0.963. The van der Waals surface area contributed by atoms with Crippen molar-refractivity contribution in [3.8, 4) is 11.8 Å². The minimum absolute atomic E-state index is 0.288. The molecular formula is C20H14BrFN4O. The third-order valence-electron chi connectivity index (χ3n) is 4.63. The van der Waals surface area contributed by atoms with E-state index in [-0.39, 0.29) is 11.3 Å². The summed E-state index contributed by atoms with van der Waals surface area (Å²) in [6.07, 6.45) is 1.59. The highest BCUT2D eigenvalue weighted by atomic mass is 79.9. The fourth-order valence-electron chi connectivity index (χ4n) is 3.21. The molecule has 27 heavy (non-hydrogen) atoms. The predicted molar refractivity (Wildman–Crippen MR) is 105 cm³/mol. The van der Waals surface area contributed by atoms with Crippen LogP contribution in [-0.4, -0.2) is 14.5 Å². The number of imidazole rings is 1. The van der Waals surface area contributed by atoms with E-state index >= 15 is 0 Å². The lowest BCUT2D eigenvalue weighted by atomic mass is 9.86. The second-order valence-electron chi connectivity index (χ2n) is 6.85. The molecule has 0 aliphatic heterocycles. The van der Waals surface area contributed by atoms with Crippen molar-refractivity contribution in [1.29, 1.82) is 5.26 Å². The topological polar surface area (TPSA) is 74.5 Å². The molecule has 0 saturated heterocycles. The summed E-state index contributed by atoms with van der Waals surface area (Å²) in [6.45, 7) is 3.30. The maximum absolute atomic E-state index is 14.7. The largest absolute Gasteiger partial charge is 0.331 e. The van der Waals surface area contributed by atoms with Crippen molar-refractivity contribution in [2.75, 3.05) is 0 Å². The molecule has 7 heteroatoms. The highest BCUT2D eigenvalue weighted by Gasteiger charge is 2.24. The van der Waals surface area contributed by atoms with E-state index in [0.717, 1.165) is 15.4 Å². The monoisotopic (exact) mass is 424 g/mol. The predicted octanol–water partition coefficient (Wildman–Crippen LogP) is 4.57. The van der Waals surface area contributed by atoms with Crippen LogP contribution in [0.3, 0.4) is 0 Å². The first-order valence-corrected chi connectivity index (χ1v) is 9.02. The van der Waals surface area contributed by atoms with Crippen LogP contribution in [0.1, 0.15) is 19.4 Å². The van der Waals surface area contributed by atoms with Crippen LogP contribution in [0.5, 0.6) is 0 Å². The number of aromatic nitrogens is 3. The normalized spacial score (nSPS) is 11.8. The number of benzene rings is 2. The molecule has 0 bridgehead atoms. The van der Waals surface area contributed by atoms with Gasteiger partial charge in [0.05, 0.1) is 39.9 Å². The molecule has 0 aliphatic carbocycles. The summed E-state index contributed by atoms with van der Waals surface area (Å²) in [6, 6.07) is 12.2. The van der Waals surface area contributed by atoms with Gasteiger partial charge in [-0.3, -0.25) is 9.55 Å². The van der Waals surface area contributed by atoms with E-state index in [1.165, 1.54) is 10.6 Å². The zero-order chi connectivity index (χ0) is 19.3. The third kappa shape index (κ3) is 2.73. The minimum Gasteiger partial charge on any atom is -0.304 e. The van der Waals surface area contributed by atoms with E-state index in [9.17, 15) is 14.4 Å². The van der Waals surface area contributed by atoms with Crippen molar-refractivity contribution >= 4 is 37.9 Å². The number of H-pyrrole nitrogens is 1. The Morgan fingerprint density at radius 3 is 2.74 bits per heavy atom. The molecule has 5 nitrogen and oxygen atoms in total. The Kier molecular flexibility index (Phi) is 3.89. The number of halogens is 2. The van der Waals surface area contributed by atoms with Gasteiger partial charge in [-0.25, -0.2) is 9.18 Å². The van der Waals surface area contributed by atoms with Gasteiger partial charge in [0.25, 0.3) is 0 Å². The molecule has 0 fully saturated rings. The zero-order valence-corrected chi connectivity index (χ0v) is 16.1. The van der Waals surface area contributed by atoms with Gasteiger partial charge >= 0.3 is 5.69 Å². The van der Waals surface area contributed by atoms with Gasteiger partial charge in [-0.05, 0) is 44.2 Å². The Balaban J connectivity index is 2.04. The van der Waals surface area contributed by atoms with E-state index in [4.69, 9.17) is 0 Å². The Hall–Kier alpha value is -2.98. The Bertz CT molecular complexity index is 1310. The van der Waals surface area contributed by atoms with E-state index in [1.807, 2.05) is 18.2 Å². The number of aromatic amines is 1. The third-order valence-corrected chi connectivity index (χ3v) is 5.13. The van der Waals surface area contributed by atoms with Crippen molar-refractivity contribution < 1.29 is 4.39 Å². The first-order valence-electron chi connectivity index (χ1n) is 8.22. The number of hydrogen-bond acceptors (Lipinski definition) is 3. The van der Waals surface area contributed by atoms with Crippen LogP contribution < -0.4 is 5.69 Å². The van der Waals surface area contributed by atoms with E-state index in [2.05, 4.69) is 32.0 Å². The summed E-state index contributed by atoms with van der Waals surface area (Å²) in [4.78, 5) is 19.7. The smallest absolute Gasteiger partial charge is 0.304 e. The maximum Gasteiger partial charge on any atom is 0.331 e. The average molecular weight is 425 g/mol. The molecule has 4 aromatic rings. The molecule has 0 spiro atoms. The lowest BCUT2D eigenvalue weighted by Gasteiger charge is -2.17. The van der Waals surface area contributed by atoms with Crippen molar-refractivity contribution in [3.63, 3.8) is 0 Å². The van der Waals surface area contributed by atoms with E-state index < -0.39 is 11.2 Å². The Labute approximate surface area is 162 Å². The number of pyridine rings is 1. The van der Waals surface area contributed by atoms with Crippen LogP contribution in [-0.2, 0) is 5.41 Å². The summed E-state index contributed by atoms with van der Waals surface area (Å²) < 4.78 is 17.0. The first-order chi connectivity index (χ1) is 12.8. The molecule has 4 rings (SSSR count). The molecular weight excluding hydrogens is 411 g/mol. The molecule has 0 atom stereocenters. The molecule has 0 unspecified atom stereocenters. The second-order valence-corrected chi connectivity index (χ2v) is 7.76. The number of nitriles is 1. The molecule has 0 saturated carbocycles. The summed E-state index contributed by atoms with van der Waals surface area (Å²) >= 11 is 3.44. The molecule has 2 aromatic heterocycles. The molecule has 0 aliphatic rings. The zero-order valence-electron chi connectivity index (χ0n) is 14.5. The number of nitrogens with zero attached hydrogens (tertiary/aromatic N) is 3. The van der Waals surface area contributed by atoms with E-state index in [1.54, 1.807) is 32.2 Å². The molecule has 2 aromatic carbocycles. The second kappa shape index (κ2) is 6.03. The van der Waals surface area contributed by atoms with Crippen LogP contribution in [0.2, 0.25) is 0 Å². The van der Waals surface area contributed by atoms with Gasteiger partial charge in [-0.15, -0.1) is 0 Å². The average Bonchev–Trinajstić information content (AvgIpc) is 2.97. The number of rotatable bonds is 2. The van der Waals surface area contributed by atoms with Crippen LogP contribution in [0, 0.1) is 17.1 Å². The summed E-state index contributed by atoms with van der Waals surface area (Å²) in [5.74, 6) is -0.528. The van der Waals surface area contributed by atoms with Crippen molar-refractivity contribution in [1.82, 2.24) is 14.5 Å². The van der Waals surface area contributed by atoms with Crippen LogP contribution in [0.25, 0.3) is 27.6 Å². The lowest BCUT2D eigenvalue weighted by Crippen LogP contribution is -2.18. The highest BCUT2D eigenvalue weighted by molar-refractivity contribution is 9.10. The quantitative estimate of drug-likeness (QED) is 0.511. The Morgan fingerprint density at radius 2 is 2.04 bits per heavy atom. The van der Waals surface area contributed by atoms with Gasteiger partial charge in [0, 0.05) is 15.4 Å². The molecule has 0 amide bonds. The number of hydrogen-bond donors (Lipinski definition) is 1. The summed E-state index contributed by atoms with van der Waals surface area (Å²) in [5, 5.41) is 10.0. The molecule has 134 valence electrons. The van der Waals surface area contributed by atoms with Crippen molar-refractivity contribution in [2.45, 2.75) is 19.3 Å². The van der Waals surface area contributed by atoms with Gasteiger partial charge < -0.3 is 4.98 Å². The van der Waals surface area contributed by atoms with Crippen molar-refractivity contribution in [2.24, 2.45) is 0 Å². The molecule has 0 radical (unpaired) electrons. The van der Waals surface area contributed by atoms with Crippen LogP contribution in [0.15, 0.2) is 51.9 Å². The summed E-state index contributed by atoms with van der Waals surface area (Å²) in [5.41, 5.74) is 1.23. The standard InChI is InChI=1S/C20H14BrFN4O/c1-20(2,10-23)14-5-4-12(8-15(14)22)26-18-13-7-11(21)3-6-16(13)24-9-17(18)25-19(26)27/h3-9H,1-2H3,(H,25,27). The Morgan fingerprint density at radius 1 is 1.26 bits per heavy atom. The summed E-state index contributed by atoms with van der Waals surface area (Å²) in [7, 11) is 0. The van der Waals surface area contributed by atoms with Gasteiger partial charge in [0.1, 0.15) is 5.82 Å². The van der Waals surface area contributed by atoms with Crippen LogP contribution >= 0.6 is 15.9 Å². The van der Waals surface area contributed by atoms with Gasteiger partial charge in [-0.1, -0.05) is 22.0 Å². The fourth-order valence-corrected chi connectivity index (χ4v) is 3.57. The van der Waals surface area contributed by atoms with Gasteiger partial charge in [-0.2, -0.15) is 5.26 Å². The van der Waals surface area contributed by atoms with Crippen molar-refractivity contribution in [3.05, 3.63) is 68.9 Å². The lowest BCUT2D eigenvalue weighted by molar-refractivity contribution is 0.564.